The predicted octanol–water partition coefficient (Wildman–Crippen LogP) is 2.71. The molecule has 2 fully saturated rings. The van der Waals surface area contributed by atoms with Crippen LogP contribution in [0.1, 0.15) is 50.1 Å². The van der Waals surface area contributed by atoms with E-state index in [4.69, 9.17) is 9.72 Å². The Balaban J connectivity index is 1.52. The van der Waals surface area contributed by atoms with Gasteiger partial charge in [0.15, 0.2) is 5.65 Å². The van der Waals surface area contributed by atoms with E-state index in [-0.39, 0.29) is 16.4 Å². The van der Waals surface area contributed by atoms with E-state index >= 15 is 0 Å². The highest BCUT2D eigenvalue weighted by Crippen LogP contribution is 2.35. The van der Waals surface area contributed by atoms with E-state index in [1.165, 1.54) is 23.9 Å². The topological polar surface area (TPSA) is 113 Å². The fourth-order valence-electron chi connectivity index (χ4n) is 5.41. The summed E-state index contributed by atoms with van der Waals surface area (Å²) in [6.45, 7) is 2.48. The van der Waals surface area contributed by atoms with Crippen LogP contribution in [-0.2, 0) is 17.1 Å². The van der Waals surface area contributed by atoms with Gasteiger partial charge >= 0.3 is 0 Å². The molecule has 0 radical (unpaired) electrons. The molecule has 1 aliphatic carbocycles. The van der Waals surface area contributed by atoms with E-state index in [9.17, 15) is 13.2 Å². The number of H-pyrrole nitrogens is 1. The SMILES string of the molecule is COc1cc(S(=O)(=O)N2CCCN(C)CC2)ccc1-c1nc2c(c(C3CCCCC3)nn2C)c(=O)[nH]1. The van der Waals surface area contributed by atoms with Crippen LogP contribution in [0.5, 0.6) is 5.75 Å². The summed E-state index contributed by atoms with van der Waals surface area (Å²) in [4.78, 5) is 23.2. The van der Waals surface area contributed by atoms with Crippen LogP contribution in [0.25, 0.3) is 22.4 Å². The van der Waals surface area contributed by atoms with Gasteiger partial charge in [-0.15, -0.1) is 0 Å². The molecule has 2 aromatic heterocycles. The van der Waals surface area contributed by atoms with Crippen LogP contribution in [0.3, 0.4) is 0 Å². The van der Waals surface area contributed by atoms with Crippen LogP contribution in [-0.4, -0.2) is 77.7 Å². The molecule has 1 saturated heterocycles. The molecule has 1 aliphatic heterocycles. The Bertz CT molecular complexity index is 1420. The minimum absolute atomic E-state index is 0.163. The standard InChI is InChI=1S/C25H34N6O4S/c1-29-12-7-13-31(15-14-29)36(33,34)18-10-11-19(20(16-18)35-3)23-26-24-21(25(32)27-23)22(28-30(24)2)17-8-5-4-6-9-17/h10-11,16-17H,4-9,12-15H2,1-3H3,(H,26,27,32). The van der Waals surface area contributed by atoms with Gasteiger partial charge in [0.2, 0.25) is 10.0 Å². The third kappa shape index (κ3) is 4.55. The zero-order valence-corrected chi connectivity index (χ0v) is 22.0. The Kier molecular flexibility index (Phi) is 6.88. The summed E-state index contributed by atoms with van der Waals surface area (Å²) in [5.74, 6) is 0.928. The first kappa shape index (κ1) is 24.9. The number of nitrogens with one attached hydrogen (secondary N) is 1. The molecule has 0 unspecified atom stereocenters. The van der Waals surface area contributed by atoms with Crippen molar-refractivity contribution in [3.63, 3.8) is 0 Å². The summed E-state index contributed by atoms with van der Waals surface area (Å²) in [5, 5.41) is 5.22. The van der Waals surface area contributed by atoms with E-state index in [0.29, 0.717) is 47.8 Å². The number of benzene rings is 1. The molecule has 3 heterocycles. The molecule has 5 rings (SSSR count). The first-order valence-corrected chi connectivity index (χ1v) is 14.1. The third-order valence-corrected chi connectivity index (χ3v) is 9.35. The molecule has 1 N–H and O–H groups in total. The Labute approximate surface area is 211 Å². The highest BCUT2D eigenvalue weighted by atomic mass is 32.2. The van der Waals surface area contributed by atoms with Gasteiger partial charge in [0.25, 0.3) is 5.56 Å². The van der Waals surface area contributed by atoms with Gasteiger partial charge in [-0.25, -0.2) is 18.1 Å². The largest absolute Gasteiger partial charge is 0.496 e. The molecular weight excluding hydrogens is 480 g/mol. The average Bonchev–Trinajstić information content (AvgIpc) is 3.06. The molecule has 0 bridgehead atoms. The first-order chi connectivity index (χ1) is 17.3. The van der Waals surface area contributed by atoms with Crippen molar-refractivity contribution in [1.29, 1.82) is 0 Å². The van der Waals surface area contributed by atoms with Crippen molar-refractivity contribution in [2.75, 3.05) is 40.3 Å². The van der Waals surface area contributed by atoms with Crippen LogP contribution in [0.2, 0.25) is 0 Å². The number of ether oxygens (including phenoxy) is 1. The maximum atomic E-state index is 13.4. The van der Waals surface area contributed by atoms with Gasteiger partial charge in [0.05, 0.1) is 23.3 Å². The summed E-state index contributed by atoms with van der Waals surface area (Å²) in [6.07, 6.45) is 6.36. The second kappa shape index (κ2) is 9.95. The number of hydrogen-bond donors (Lipinski definition) is 1. The van der Waals surface area contributed by atoms with E-state index in [1.54, 1.807) is 23.9 Å². The Morgan fingerprint density at radius 1 is 1.03 bits per heavy atom. The lowest BCUT2D eigenvalue weighted by Gasteiger charge is -2.21. The molecule has 0 atom stereocenters. The number of likely N-dealkylation sites (N-methyl/N-ethyl adjacent to an activating group) is 1. The summed E-state index contributed by atoms with van der Waals surface area (Å²) < 4.78 is 35.5. The van der Waals surface area contributed by atoms with Crippen molar-refractivity contribution in [3.8, 4) is 17.1 Å². The number of aryl methyl sites for hydroxylation is 1. The lowest BCUT2D eigenvalue weighted by Crippen LogP contribution is -2.34. The number of methoxy groups -OCH3 is 1. The molecule has 0 spiro atoms. The van der Waals surface area contributed by atoms with Gasteiger partial charge in [0.1, 0.15) is 17.0 Å². The quantitative estimate of drug-likeness (QED) is 0.557. The molecule has 2 aliphatic rings. The lowest BCUT2D eigenvalue weighted by atomic mass is 9.86. The van der Waals surface area contributed by atoms with E-state index in [1.807, 2.05) is 7.05 Å². The molecule has 3 aromatic rings. The summed E-state index contributed by atoms with van der Waals surface area (Å²) in [5.41, 5.74) is 1.62. The minimum atomic E-state index is -3.68. The van der Waals surface area contributed by atoms with Crippen LogP contribution in [0.4, 0.5) is 0 Å². The van der Waals surface area contributed by atoms with Crippen molar-refractivity contribution >= 4 is 21.1 Å². The Morgan fingerprint density at radius 3 is 2.56 bits per heavy atom. The maximum Gasteiger partial charge on any atom is 0.262 e. The van der Waals surface area contributed by atoms with Gasteiger partial charge in [-0.2, -0.15) is 9.40 Å². The van der Waals surface area contributed by atoms with Crippen molar-refractivity contribution < 1.29 is 13.2 Å². The van der Waals surface area contributed by atoms with Gasteiger partial charge in [-0.1, -0.05) is 19.3 Å². The molecule has 11 heteroatoms. The van der Waals surface area contributed by atoms with Crippen molar-refractivity contribution in [3.05, 3.63) is 34.2 Å². The molecule has 36 heavy (non-hydrogen) atoms. The molecule has 10 nitrogen and oxygen atoms in total. The van der Waals surface area contributed by atoms with Crippen LogP contribution in [0.15, 0.2) is 27.9 Å². The predicted molar refractivity (Wildman–Crippen MR) is 138 cm³/mol. The van der Waals surface area contributed by atoms with Gasteiger partial charge in [-0.3, -0.25) is 4.79 Å². The van der Waals surface area contributed by atoms with Crippen LogP contribution >= 0.6 is 0 Å². The summed E-state index contributed by atoms with van der Waals surface area (Å²) in [7, 11) is 1.61. The number of aromatic amines is 1. The monoisotopic (exact) mass is 514 g/mol. The molecular formula is C25H34N6O4S. The smallest absolute Gasteiger partial charge is 0.262 e. The Morgan fingerprint density at radius 2 is 1.81 bits per heavy atom. The zero-order chi connectivity index (χ0) is 25.4. The van der Waals surface area contributed by atoms with Crippen molar-refractivity contribution in [2.45, 2.75) is 49.3 Å². The second-order valence-corrected chi connectivity index (χ2v) is 11.8. The van der Waals surface area contributed by atoms with E-state index < -0.39 is 10.0 Å². The first-order valence-electron chi connectivity index (χ1n) is 12.6. The fourth-order valence-corrected chi connectivity index (χ4v) is 6.90. The number of hydrogen-bond acceptors (Lipinski definition) is 7. The normalized spacial score (nSPS) is 19.0. The van der Waals surface area contributed by atoms with E-state index in [2.05, 4.69) is 15.0 Å². The van der Waals surface area contributed by atoms with Gasteiger partial charge in [0, 0.05) is 38.7 Å². The molecule has 1 aromatic carbocycles. The number of sulfonamides is 1. The van der Waals surface area contributed by atoms with E-state index in [0.717, 1.165) is 44.3 Å². The fraction of sp³-hybridized carbons (Fsp3) is 0.560. The summed E-state index contributed by atoms with van der Waals surface area (Å²) in [6, 6.07) is 4.72. The lowest BCUT2D eigenvalue weighted by molar-refractivity contribution is 0.347. The highest BCUT2D eigenvalue weighted by molar-refractivity contribution is 7.89. The number of fused-ring (bicyclic) bond motifs is 1. The van der Waals surface area contributed by atoms with Gasteiger partial charge < -0.3 is 14.6 Å². The number of aromatic nitrogens is 4. The molecule has 194 valence electrons. The van der Waals surface area contributed by atoms with Crippen molar-refractivity contribution in [2.24, 2.45) is 7.05 Å². The van der Waals surface area contributed by atoms with Crippen molar-refractivity contribution in [1.82, 2.24) is 29.0 Å². The van der Waals surface area contributed by atoms with Gasteiger partial charge in [-0.05, 0) is 45.0 Å². The molecule has 1 saturated carbocycles. The van der Waals surface area contributed by atoms with Crippen LogP contribution < -0.4 is 10.3 Å². The third-order valence-electron chi connectivity index (χ3n) is 7.46. The number of rotatable bonds is 5. The Hall–Kier alpha value is -2.76. The van der Waals surface area contributed by atoms with Crippen LogP contribution in [0, 0.1) is 0 Å². The second-order valence-electron chi connectivity index (χ2n) is 9.88. The minimum Gasteiger partial charge on any atom is -0.496 e. The molecule has 0 amide bonds. The average molecular weight is 515 g/mol. The summed E-state index contributed by atoms with van der Waals surface area (Å²) >= 11 is 0. The zero-order valence-electron chi connectivity index (χ0n) is 21.2. The number of nitrogens with zero attached hydrogens (tertiary/aromatic N) is 5. The highest BCUT2D eigenvalue weighted by Gasteiger charge is 2.28. The maximum absolute atomic E-state index is 13.4.